The van der Waals surface area contributed by atoms with E-state index >= 15 is 0 Å². The van der Waals surface area contributed by atoms with Crippen LogP contribution in [0.1, 0.15) is 12.0 Å². The second-order valence-corrected chi connectivity index (χ2v) is 9.14. The molecule has 0 amide bonds. The summed E-state index contributed by atoms with van der Waals surface area (Å²) in [5.41, 5.74) is 7.29. The van der Waals surface area contributed by atoms with Gasteiger partial charge >= 0.3 is 0 Å². The lowest BCUT2D eigenvalue weighted by atomic mass is 9.98. The van der Waals surface area contributed by atoms with Gasteiger partial charge in [-0.15, -0.1) is 12.6 Å². The van der Waals surface area contributed by atoms with Crippen molar-refractivity contribution < 1.29 is 4.79 Å². The second-order valence-electron chi connectivity index (χ2n) is 7.31. The predicted octanol–water partition coefficient (Wildman–Crippen LogP) is 5.81. The Hall–Kier alpha value is -2.27. The quantitative estimate of drug-likeness (QED) is 0.183. The molecule has 5 heteroatoms. The number of thiol groups is 1. The molecule has 5 rings (SSSR count). The first kappa shape index (κ1) is 21.0. The van der Waals surface area contributed by atoms with Crippen molar-refractivity contribution in [3.8, 4) is 0 Å². The van der Waals surface area contributed by atoms with Gasteiger partial charge in [-0.3, -0.25) is 4.79 Å². The van der Waals surface area contributed by atoms with Crippen LogP contribution < -0.4 is 16.2 Å². The highest BCUT2D eigenvalue weighted by Crippen LogP contribution is 2.27. The Labute approximate surface area is 193 Å². The van der Waals surface area contributed by atoms with E-state index < -0.39 is 0 Å². The van der Waals surface area contributed by atoms with Crippen molar-refractivity contribution in [2.45, 2.75) is 18.2 Å². The van der Waals surface area contributed by atoms with Gasteiger partial charge in [-0.2, -0.15) is 0 Å². The molecule has 0 saturated carbocycles. The summed E-state index contributed by atoms with van der Waals surface area (Å²) in [6, 6.07) is 18.5. The van der Waals surface area contributed by atoms with Gasteiger partial charge in [-0.05, 0) is 86.9 Å². The third-order valence-electron chi connectivity index (χ3n) is 5.17. The molecule has 1 aliphatic rings. The minimum atomic E-state index is 0.182. The van der Waals surface area contributed by atoms with Crippen LogP contribution >= 0.6 is 40.2 Å². The highest BCUT2D eigenvalue weighted by atomic mass is 79.9. The van der Waals surface area contributed by atoms with E-state index in [4.69, 9.17) is 17.3 Å². The molecule has 0 radical (unpaired) electrons. The number of benzene rings is 4. The maximum Gasteiger partial charge on any atom is 0.160 e. The fourth-order valence-electron chi connectivity index (χ4n) is 3.60. The molecule has 0 aliphatic heterocycles. The van der Waals surface area contributed by atoms with Gasteiger partial charge in [0.1, 0.15) is 0 Å². The molecule has 0 spiro atoms. The fourth-order valence-corrected chi connectivity index (χ4v) is 4.64. The van der Waals surface area contributed by atoms with Crippen molar-refractivity contribution in [3.63, 3.8) is 0 Å². The summed E-state index contributed by atoms with van der Waals surface area (Å²) < 4.78 is 1.09. The average molecular weight is 497 g/mol. The lowest BCUT2D eigenvalue weighted by Crippen LogP contribution is -2.28. The Kier molecular flexibility index (Phi) is 5.92. The molecule has 0 unspecified atom stereocenters. The van der Waals surface area contributed by atoms with Crippen LogP contribution in [0.25, 0.3) is 33.7 Å². The molecular weight excluding hydrogens is 478 g/mol. The van der Waals surface area contributed by atoms with Crippen molar-refractivity contribution in [1.29, 1.82) is 0 Å². The molecule has 0 atom stereocenters. The molecule has 0 saturated heterocycles. The molecule has 2 N–H and O–H groups in total. The number of ketones is 1. The molecule has 0 aromatic heterocycles. The monoisotopic (exact) mass is 495 g/mol. The number of carbonyl (C=O) groups excluding carboxylic acids is 1. The van der Waals surface area contributed by atoms with Crippen LogP contribution in [0.15, 0.2) is 64.0 Å². The van der Waals surface area contributed by atoms with Crippen LogP contribution in [0.2, 0.25) is 5.02 Å². The van der Waals surface area contributed by atoms with Crippen LogP contribution in [-0.4, -0.2) is 5.78 Å². The SMILES string of the molecule is Cc1cc(Cl)cc(S)c1N.O=C1C=c2cc3ccc4cc(Br)ccc4c3cc2=CC1. The number of hydrogen-bond acceptors (Lipinski definition) is 3. The number of nitrogen functional groups attached to an aromatic ring is 1. The van der Waals surface area contributed by atoms with Gasteiger partial charge in [0.25, 0.3) is 0 Å². The minimum absolute atomic E-state index is 0.182. The first-order valence-corrected chi connectivity index (χ1v) is 11.0. The summed E-state index contributed by atoms with van der Waals surface area (Å²) in [7, 11) is 0. The predicted molar refractivity (Wildman–Crippen MR) is 135 cm³/mol. The molecular formula is C25H19BrClNOS. The molecule has 0 heterocycles. The van der Waals surface area contributed by atoms with E-state index in [0.29, 0.717) is 17.1 Å². The molecule has 2 nitrogen and oxygen atoms in total. The lowest BCUT2D eigenvalue weighted by molar-refractivity contribution is -0.112. The van der Waals surface area contributed by atoms with E-state index in [2.05, 4.69) is 71.0 Å². The second kappa shape index (κ2) is 8.46. The molecule has 0 bridgehead atoms. The summed E-state index contributed by atoms with van der Waals surface area (Å²) in [4.78, 5) is 12.3. The number of hydrogen-bond donors (Lipinski definition) is 2. The molecule has 0 fully saturated rings. The van der Waals surface area contributed by atoms with E-state index in [1.165, 1.54) is 21.5 Å². The maximum absolute atomic E-state index is 11.5. The summed E-state index contributed by atoms with van der Waals surface area (Å²) in [6.07, 6.45) is 4.28. The van der Waals surface area contributed by atoms with Gasteiger partial charge < -0.3 is 5.73 Å². The summed E-state index contributed by atoms with van der Waals surface area (Å²) in [5, 5.41) is 7.77. The number of anilines is 1. The zero-order valence-corrected chi connectivity index (χ0v) is 19.5. The van der Waals surface area contributed by atoms with Crippen molar-refractivity contribution >= 4 is 85.3 Å². The summed E-state index contributed by atoms with van der Waals surface area (Å²) in [5.74, 6) is 0.182. The van der Waals surface area contributed by atoms with Gasteiger partial charge in [-0.25, -0.2) is 0 Å². The minimum Gasteiger partial charge on any atom is -0.398 e. The van der Waals surface area contributed by atoms with Crippen molar-refractivity contribution in [2.75, 3.05) is 5.73 Å². The van der Waals surface area contributed by atoms with E-state index in [1.54, 1.807) is 12.1 Å². The van der Waals surface area contributed by atoms with Crippen molar-refractivity contribution in [2.24, 2.45) is 0 Å². The molecule has 1 aliphatic carbocycles. The van der Waals surface area contributed by atoms with Gasteiger partial charge in [-0.1, -0.05) is 51.8 Å². The number of rotatable bonds is 0. The van der Waals surface area contributed by atoms with E-state index in [1.807, 2.05) is 19.1 Å². The lowest BCUT2D eigenvalue weighted by Gasteiger charge is -2.07. The van der Waals surface area contributed by atoms with Crippen LogP contribution in [0.4, 0.5) is 5.69 Å². The number of aryl methyl sites for hydroxylation is 1. The first-order chi connectivity index (χ1) is 14.3. The Bertz CT molecular complexity index is 1420. The van der Waals surface area contributed by atoms with Crippen LogP contribution in [0.5, 0.6) is 0 Å². The third kappa shape index (κ3) is 4.27. The highest BCUT2D eigenvalue weighted by Gasteiger charge is 2.06. The Morgan fingerprint density at radius 1 is 0.967 bits per heavy atom. The number of halogens is 2. The fraction of sp³-hybridized carbons (Fsp3) is 0.0800. The number of nitrogens with two attached hydrogens (primary N) is 1. The summed E-state index contributed by atoms with van der Waals surface area (Å²) >= 11 is 13.4. The van der Waals surface area contributed by atoms with Crippen molar-refractivity contribution in [3.05, 3.63) is 80.1 Å². The average Bonchev–Trinajstić information content (AvgIpc) is 2.70. The smallest absolute Gasteiger partial charge is 0.160 e. The largest absolute Gasteiger partial charge is 0.398 e. The number of Topliss-reactive ketones (excluding diaryl/α,β-unsaturated/α-hetero) is 1. The van der Waals surface area contributed by atoms with Gasteiger partial charge in [0.2, 0.25) is 0 Å². The van der Waals surface area contributed by atoms with Crippen LogP contribution in [0, 0.1) is 6.92 Å². The molecule has 4 aromatic carbocycles. The molecule has 30 heavy (non-hydrogen) atoms. The first-order valence-electron chi connectivity index (χ1n) is 9.43. The Morgan fingerprint density at radius 2 is 1.70 bits per heavy atom. The summed E-state index contributed by atoms with van der Waals surface area (Å²) in [6.45, 7) is 1.90. The zero-order chi connectivity index (χ0) is 21.4. The van der Waals surface area contributed by atoms with Crippen LogP contribution in [-0.2, 0) is 4.79 Å². The van der Waals surface area contributed by atoms with E-state index in [0.717, 1.165) is 25.4 Å². The Morgan fingerprint density at radius 3 is 2.43 bits per heavy atom. The van der Waals surface area contributed by atoms with Crippen LogP contribution in [0.3, 0.4) is 0 Å². The van der Waals surface area contributed by atoms with Gasteiger partial charge in [0, 0.05) is 26.5 Å². The number of fused-ring (bicyclic) bond motifs is 4. The van der Waals surface area contributed by atoms with Gasteiger partial charge in [0.15, 0.2) is 5.78 Å². The zero-order valence-electron chi connectivity index (χ0n) is 16.2. The van der Waals surface area contributed by atoms with Gasteiger partial charge in [0.05, 0.1) is 0 Å². The number of carbonyl (C=O) groups is 1. The standard InChI is InChI=1S/C18H11BrO.C7H8ClNS/c19-15-4-6-17-13(8-15)2-1-12-7-14-9-16(20)5-3-11(14)10-18(12)17;1-4-2-5(8)3-6(10)7(4)9/h1-4,6-10H,5H2;2-3,10H,9H2,1H3. The van der Waals surface area contributed by atoms with Crippen molar-refractivity contribution in [1.82, 2.24) is 0 Å². The molecule has 150 valence electrons. The topological polar surface area (TPSA) is 43.1 Å². The highest BCUT2D eigenvalue weighted by molar-refractivity contribution is 9.10. The van der Waals surface area contributed by atoms with E-state index in [9.17, 15) is 4.79 Å². The molecule has 4 aromatic rings. The Balaban J connectivity index is 0.000000185. The maximum atomic E-state index is 11.5. The third-order valence-corrected chi connectivity index (χ3v) is 6.25. The van der Waals surface area contributed by atoms with E-state index in [-0.39, 0.29) is 5.78 Å². The normalized spacial score (nSPS) is 12.6.